The van der Waals surface area contributed by atoms with E-state index < -0.39 is 0 Å². The molecule has 0 saturated carbocycles. The van der Waals surface area contributed by atoms with E-state index >= 15 is 0 Å². The van der Waals surface area contributed by atoms with E-state index in [1.165, 1.54) is 208 Å². The van der Waals surface area contributed by atoms with Crippen LogP contribution in [0.25, 0.3) is 108 Å². The molecular formula is C93H78S. The van der Waals surface area contributed by atoms with E-state index in [1.807, 2.05) is 11.3 Å². The zero-order valence-corrected chi connectivity index (χ0v) is 56.7. The van der Waals surface area contributed by atoms with Crippen molar-refractivity contribution < 1.29 is 0 Å². The van der Waals surface area contributed by atoms with Crippen LogP contribution in [0.4, 0.5) is 0 Å². The van der Waals surface area contributed by atoms with Gasteiger partial charge in [0.1, 0.15) is 0 Å². The van der Waals surface area contributed by atoms with E-state index in [0.29, 0.717) is 0 Å². The lowest BCUT2D eigenvalue weighted by molar-refractivity contribution is 1.16. The number of rotatable bonds is 0. The van der Waals surface area contributed by atoms with Gasteiger partial charge in [-0.1, -0.05) is 245 Å². The van der Waals surface area contributed by atoms with Crippen LogP contribution >= 0.6 is 11.3 Å². The van der Waals surface area contributed by atoms with Crippen molar-refractivity contribution in [1.29, 1.82) is 0 Å². The normalized spacial score (nSPS) is 12.6. The Kier molecular flexibility index (Phi) is 14.8. The van der Waals surface area contributed by atoms with Gasteiger partial charge in [-0.15, -0.1) is 11.3 Å². The number of fused-ring (bicyclic) bond motifs is 24. The molecule has 1 heterocycles. The minimum Gasteiger partial charge on any atom is -0.135 e. The van der Waals surface area contributed by atoms with Crippen molar-refractivity contribution in [3.63, 3.8) is 0 Å². The first-order valence-electron chi connectivity index (χ1n) is 33.7. The van der Waals surface area contributed by atoms with Crippen LogP contribution in [0.5, 0.6) is 0 Å². The second-order valence-electron chi connectivity index (χ2n) is 27.9. The summed E-state index contributed by atoms with van der Waals surface area (Å²) in [4.78, 5) is 0. The summed E-state index contributed by atoms with van der Waals surface area (Å²) in [5.74, 6) is 0. The topological polar surface area (TPSA) is 0 Å². The predicted octanol–water partition coefficient (Wildman–Crippen LogP) is 25.2. The maximum atomic E-state index is 2.45. The Bertz CT molecular complexity index is 5350. The van der Waals surface area contributed by atoms with E-state index in [1.54, 1.807) is 11.1 Å². The number of hydrogen-bond donors (Lipinski definition) is 0. The number of benzene rings is 14. The molecule has 0 N–H and O–H groups in total. The van der Waals surface area contributed by atoms with Crippen molar-refractivity contribution in [2.24, 2.45) is 0 Å². The second-order valence-corrected chi connectivity index (χ2v) is 28.9. The molecule has 456 valence electrons. The maximum absolute atomic E-state index is 2.45. The summed E-state index contributed by atoms with van der Waals surface area (Å²) in [6.07, 6.45) is 5.45. The van der Waals surface area contributed by atoms with Gasteiger partial charge >= 0.3 is 0 Å². The van der Waals surface area contributed by atoms with Gasteiger partial charge in [0.15, 0.2) is 0 Å². The Morgan fingerprint density at radius 3 is 0.979 bits per heavy atom. The minimum absolute atomic E-state index is 1.08. The van der Waals surface area contributed by atoms with Crippen molar-refractivity contribution in [3.05, 3.63) is 342 Å². The van der Waals surface area contributed by atoms with Crippen LogP contribution in [0.1, 0.15) is 111 Å². The Labute approximate surface area is 558 Å². The zero-order chi connectivity index (χ0) is 64.2. The van der Waals surface area contributed by atoms with Gasteiger partial charge in [0, 0.05) is 20.2 Å². The van der Waals surface area contributed by atoms with Crippen LogP contribution in [-0.4, -0.2) is 0 Å². The van der Waals surface area contributed by atoms with Gasteiger partial charge in [-0.05, 0) is 286 Å². The maximum Gasteiger partial charge on any atom is 0.0358 e. The van der Waals surface area contributed by atoms with E-state index in [9.17, 15) is 0 Å². The Morgan fingerprint density at radius 2 is 0.532 bits per heavy atom. The Hall–Kier alpha value is -9.92. The van der Waals surface area contributed by atoms with Crippen LogP contribution in [0, 0.1) is 69.2 Å². The number of aryl methyl sites for hydroxylation is 10. The summed E-state index contributed by atoms with van der Waals surface area (Å²) in [6.45, 7) is 21.7. The molecule has 0 bridgehead atoms. The molecule has 1 aromatic heterocycles. The summed E-state index contributed by atoms with van der Waals surface area (Å²) in [5.41, 5.74) is 43.0. The molecule has 0 atom stereocenters. The second kappa shape index (κ2) is 23.6. The molecule has 0 aliphatic heterocycles. The van der Waals surface area contributed by atoms with Gasteiger partial charge in [-0.25, -0.2) is 0 Å². The highest BCUT2D eigenvalue weighted by atomic mass is 32.1. The smallest absolute Gasteiger partial charge is 0.0358 e. The van der Waals surface area contributed by atoms with Gasteiger partial charge < -0.3 is 0 Å². The standard InChI is InChI=1S/2C22H18.C19H16.C16H14.C14H12S/c1-13-3-5-19-15(7-13)9-17-11-22-18(12-21(17)19)10-16-8-14(2)4-6-20(16)22;1-13-3-5-17-15(9-13)11-21-19(17)7-8-20-18-6-4-14(2)10-16(18)12-22(20)21;1-12-7-8-17-14(9-12)11-15-10-13(2)16-5-3-4-6-18(16)19(15)17;1-11-3-7-15-13(9-11)5-6-14-10-12(2)4-8-16(14)15;1-9-3-5-11-12-6-4-10(2)8-14(12)15-13(11)7-9/h3-8,11-12H,9-10H2,1-2H3;3-10H,11-12H2,1-2H3;3-10H,11H2,1-2H3;3-10H,1-2H3;3-8H,1-2H3. The largest absolute Gasteiger partial charge is 0.135 e. The molecule has 0 fully saturated rings. The van der Waals surface area contributed by atoms with Crippen LogP contribution in [-0.2, 0) is 32.1 Å². The van der Waals surface area contributed by atoms with Crippen LogP contribution in [0.15, 0.2) is 231 Å². The zero-order valence-electron chi connectivity index (χ0n) is 55.9. The third-order valence-electron chi connectivity index (χ3n) is 20.6. The summed E-state index contributed by atoms with van der Waals surface area (Å²) in [5, 5.41) is 10.9. The highest BCUT2D eigenvalue weighted by Gasteiger charge is 2.29. The molecule has 5 aliphatic rings. The fourth-order valence-electron chi connectivity index (χ4n) is 16.1. The molecule has 14 aromatic carbocycles. The molecule has 0 unspecified atom stereocenters. The highest BCUT2D eigenvalue weighted by Crippen LogP contribution is 2.49. The molecule has 1 heteroatoms. The average molecular weight is 1230 g/mol. The first kappa shape index (κ1) is 59.1. The molecule has 0 nitrogen and oxygen atoms in total. The van der Waals surface area contributed by atoms with E-state index in [4.69, 9.17) is 0 Å². The summed E-state index contributed by atoms with van der Waals surface area (Å²) < 4.78 is 2.80. The molecule has 20 rings (SSSR count). The van der Waals surface area contributed by atoms with Crippen molar-refractivity contribution in [2.75, 3.05) is 0 Å². The predicted molar refractivity (Wildman–Crippen MR) is 406 cm³/mol. The molecule has 94 heavy (non-hydrogen) atoms. The SMILES string of the molecule is Cc1ccc2c(c1)Cc1c-2ccc2c1Cc1cc(C)ccc1-2.Cc1ccc2c(c1)Cc1cc(C)c3ccccc3c1-2.Cc1ccc2c(c1)Cc1cc3c(cc1-2)Cc1cc(C)ccc1-3.Cc1ccc2c(c1)sc1cc(C)ccc12.Cc1ccc2c(ccc3cc(C)ccc32)c1. The molecular weight excluding hydrogens is 1150 g/mol. The molecule has 0 spiro atoms. The third kappa shape index (κ3) is 10.7. The number of thiophene rings is 1. The fourth-order valence-corrected chi connectivity index (χ4v) is 17.4. The Morgan fingerprint density at radius 1 is 0.213 bits per heavy atom. The molecule has 5 aliphatic carbocycles. The lowest BCUT2D eigenvalue weighted by Crippen LogP contribution is -1.91. The van der Waals surface area contributed by atoms with Crippen LogP contribution in [0.3, 0.4) is 0 Å². The van der Waals surface area contributed by atoms with Crippen molar-refractivity contribution in [1.82, 2.24) is 0 Å². The summed E-state index contributed by atoms with van der Waals surface area (Å²) in [7, 11) is 0. The van der Waals surface area contributed by atoms with Crippen LogP contribution in [0.2, 0.25) is 0 Å². The minimum atomic E-state index is 1.08. The van der Waals surface area contributed by atoms with Gasteiger partial charge in [0.25, 0.3) is 0 Å². The summed E-state index contributed by atoms with van der Waals surface area (Å²) >= 11 is 1.89. The van der Waals surface area contributed by atoms with Crippen molar-refractivity contribution >= 4 is 63.8 Å². The van der Waals surface area contributed by atoms with Crippen molar-refractivity contribution in [3.8, 4) is 55.6 Å². The van der Waals surface area contributed by atoms with E-state index in [-0.39, 0.29) is 0 Å². The van der Waals surface area contributed by atoms with E-state index in [2.05, 4.69) is 300 Å². The fraction of sp³-hybridized carbons (Fsp3) is 0.161. The van der Waals surface area contributed by atoms with Crippen molar-refractivity contribution in [2.45, 2.75) is 101 Å². The Balaban J connectivity index is 0.0000000937. The quantitative estimate of drug-likeness (QED) is 0.133. The third-order valence-corrected chi connectivity index (χ3v) is 21.8. The molecule has 15 aromatic rings. The van der Waals surface area contributed by atoms with Gasteiger partial charge in [0.05, 0.1) is 0 Å². The molecule has 0 amide bonds. The monoisotopic (exact) mass is 1230 g/mol. The van der Waals surface area contributed by atoms with Gasteiger partial charge in [-0.2, -0.15) is 0 Å². The highest BCUT2D eigenvalue weighted by molar-refractivity contribution is 7.25. The summed E-state index contributed by atoms with van der Waals surface area (Å²) in [6, 6.07) is 86.2. The average Bonchev–Trinajstić information content (AvgIpc) is 1.59. The van der Waals surface area contributed by atoms with Gasteiger partial charge in [-0.3, -0.25) is 0 Å². The molecule has 0 saturated heterocycles. The first-order chi connectivity index (χ1) is 45.6. The van der Waals surface area contributed by atoms with Crippen LogP contribution < -0.4 is 0 Å². The van der Waals surface area contributed by atoms with Gasteiger partial charge in [0.2, 0.25) is 0 Å². The first-order valence-corrected chi connectivity index (χ1v) is 34.5. The number of hydrogen-bond acceptors (Lipinski definition) is 1. The van der Waals surface area contributed by atoms with E-state index in [0.717, 1.165) is 32.1 Å². The lowest BCUT2D eigenvalue weighted by atomic mass is 9.94. The lowest BCUT2D eigenvalue weighted by Gasteiger charge is -2.09. The molecule has 0 radical (unpaired) electrons.